The summed E-state index contributed by atoms with van der Waals surface area (Å²) in [4.78, 5) is 0. The highest BCUT2D eigenvalue weighted by molar-refractivity contribution is 5.62. The Morgan fingerprint density at radius 1 is 1.20 bits per heavy atom. The Bertz CT molecular complexity index is 343. The zero-order chi connectivity index (χ0) is 11.4. The van der Waals surface area contributed by atoms with Gasteiger partial charge in [-0.25, -0.2) is 0 Å². The van der Waals surface area contributed by atoms with E-state index < -0.39 is 0 Å². The van der Waals surface area contributed by atoms with Gasteiger partial charge in [-0.05, 0) is 49.4 Å². The molecule has 0 heterocycles. The first kappa shape index (κ1) is 12.1. The minimum absolute atomic E-state index is 0.610. The van der Waals surface area contributed by atoms with Crippen LogP contribution >= 0.6 is 0 Å². The van der Waals surface area contributed by atoms with Gasteiger partial charge >= 0.3 is 0 Å². The molecule has 0 aliphatic rings. The molecule has 0 radical (unpaired) electrons. The lowest BCUT2D eigenvalue weighted by Crippen LogP contribution is -2.10. The molecule has 0 unspecified atom stereocenters. The number of hydrogen-bond acceptors (Lipinski definition) is 2. The quantitative estimate of drug-likeness (QED) is 0.795. The number of anilines is 1. The van der Waals surface area contributed by atoms with Crippen LogP contribution in [0.25, 0.3) is 0 Å². The number of nitrogens with two attached hydrogens (primary N) is 1. The molecule has 84 valence electrons. The SMILES string of the molecule is CCCNc1c(C)c(C)cc(C)c1CN. The molecule has 0 spiro atoms. The summed E-state index contributed by atoms with van der Waals surface area (Å²) in [7, 11) is 0. The topological polar surface area (TPSA) is 38.0 Å². The van der Waals surface area contributed by atoms with Gasteiger partial charge in [0.2, 0.25) is 0 Å². The van der Waals surface area contributed by atoms with E-state index in [1.807, 2.05) is 0 Å². The molecule has 0 aliphatic heterocycles. The highest BCUT2D eigenvalue weighted by Crippen LogP contribution is 2.26. The maximum Gasteiger partial charge on any atom is 0.0420 e. The van der Waals surface area contributed by atoms with Gasteiger partial charge in [-0.3, -0.25) is 0 Å². The average molecular weight is 206 g/mol. The van der Waals surface area contributed by atoms with Crippen molar-refractivity contribution in [3.05, 3.63) is 28.3 Å². The Morgan fingerprint density at radius 3 is 2.40 bits per heavy atom. The van der Waals surface area contributed by atoms with Crippen LogP contribution in [-0.2, 0) is 6.54 Å². The smallest absolute Gasteiger partial charge is 0.0420 e. The van der Waals surface area contributed by atoms with Gasteiger partial charge in [0, 0.05) is 18.8 Å². The summed E-state index contributed by atoms with van der Waals surface area (Å²) < 4.78 is 0. The Morgan fingerprint density at radius 2 is 1.87 bits per heavy atom. The zero-order valence-corrected chi connectivity index (χ0v) is 10.3. The van der Waals surface area contributed by atoms with Gasteiger partial charge in [0.25, 0.3) is 0 Å². The highest BCUT2D eigenvalue weighted by atomic mass is 14.9. The molecular weight excluding hydrogens is 184 g/mol. The van der Waals surface area contributed by atoms with Crippen LogP contribution < -0.4 is 11.1 Å². The van der Waals surface area contributed by atoms with Crippen molar-refractivity contribution in [1.82, 2.24) is 0 Å². The number of nitrogens with one attached hydrogen (secondary N) is 1. The molecule has 0 bridgehead atoms. The zero-order valence-electron chi connectivity index (χ0n) is 10.3. The monoisotopic (exact) mass is 206 g/mol. The van der Waals surface area contributed by atoms with Crippen molar-refractivity contribution >= 4 is 5.69 Å². The molecule has 0 aliphatic carbocycles. The van der Waals surface area contributed by atoms with Gasteiger partial charge < -0.3 is 11.1 Å². The van der Waals surface area contributed by atoms with E-state index in [1.165, 1.54) is 27.9 Å². The van der Waals surface area contributed by atoms with Crippen molar-refractivity contribution in [2.45, 2.75) is 40.7 Å². The summed E-state index contributed by atoms with van der Waals surface area (Å²) in [5.74, 6) is 0. The fourth-order valence-electron chi connectivity index (χ4n) is 1.89. The molecule has 1 aromatic rings. The first-order valence-corrected chi connectivity index (χ1v) is 5.65. The van der Waals surface area contributed by atoms with E-state index in [0.29, 0.717) is 6.54 Å². The lowest BCUT2D eigenvalue weighted by molar-refractivity contribution is 0.959. The van der Waals surface area contributed by atoms with Crippen molar-refractivity contribution in [2.75, 3.05) is 11.9 Å². The van der Waals surface area contributed by atoms with Crippen molar-refractivity contribution in [3.63, 3.8) is 0 Å². The summed E-state index contributed by atoms with van der Waals surface area (Å²) in [5.41, 5.74) is 12.3. The van der Waals surface area contributed by atoms with E-state index >= 15 is 0 Å². The van der Waals surface area contributed by atoms with Crippen LogP contribution in [0.15, 0.2) is 6.07 Å². The molecule has 0 saturated heterocycles. The van der Waals surface area contributed by atoms with Crippen molar-refractivity contribution in [1.29, 1.82) is 0 Å². The Labute approximate surface area is 92.9 Å². The predicted molar refractivity (Wildman–Crippen MR) is 67.3 cm³/mol. The van der Waals surface area contributed by atoms with Gasteiger partial charge in [-0.15, -0.1) is 0 Å². The maximum absolute atomic E-state index is 5.80. The molecule has 15 heavy (non-hydrogen) atoms. The number of hydrogen-bond donors (Lipinski definition) is 2. The molecule has 2 nitrogen and oxygen atoms in total. The number of aryl methyl sites for hydroxylation is 2. The third-order valence-corrected chi connectivity index (χ3v) is 2.93. The maximum atomic E-state index is 5.80. The van der Waals surface area contributed by atoms with Crippen LogP contribution in [0.5, 0.6) is 0 Å². The number of benzene rings is 1. The Balaban J connectivity index is 3.18. The summed E-state index contributed by atoms with van der Waals surface area (Å²) in [5, 5.41) is 3.48. The summed E-state index contributed by atoms with van der Waals surface area (Å²) in [6.07, 6.45) is 1.14. The lowest BCUT2D eigenvalue weighted by Gasteiger charge is -2.18. The molecule has 1 rings (SSSR count). The van der Waals surface area contributed by atoms with Gasteiger partial charge in [0.15, 0.2) is 0 Å². The second-order valence-electron chi connectivity index (χ2n) is 4.12. The summed E-state index contributed by atoms with van der Waals surface area (Å²) in [6.45, 7) is 10.2. The molecule has 0 atom stereocenters. The largest absolute Gasteiger partial charge is 0.385 e. The second-order valence-corrected chi connectivity index (χ2v) is 4.12. The molecular formula is C13H22N2. The van der Waals surface area contributed by atoms with E-state index in [0.717, 1.165) is 13.0 Å². The minimum atomic E-state index is 0.610. The molecule has 0 amide bonds. The van der Waals surface area contributed by atoms with Crippen LogP contribution in [0, 0.1) is 20.8 Å². The van der Waals surface area contributed by atoms with E-state index in [1.54, 1.807) is 0 Å². The van der Waals surface area contributed by atoms with Crippen molar-refractivity contribution < 1.29 is 0 Å². The van der Waals surface area contributed by atoms with Crippen molar-refractivity contribution in [3.8, 4) is 0 Å². The van der Waals surface area contributed by atoms with Crippen LogP contribution in [0.4, 0.5) is 5.69 Å². The van der Waals surface area contributed by atoms with Gasteiger partial charge in [0.1, 0.15) is 0 Å². The summed E-state index contributed by atoms with van der Waals surface area (Å²) in [6, 6.07) is 2.22. The summed E-state index contributed by atoms with van der Waals surface area (Å²) >= 11 is 0. The van der Waals surface area contributed by atoms with E-state index in [2.05, 4.69) is 39.1 Å². The highest BCUT2D eigenvalue weighted by Gasteiger charge is 2.09. The van der Waals surface area contributed by atoms with Crippen LogP contribution in [-0.4, -0.2) is 6.54 Å². The third kappa shape index (κ3) is 2.51. The average Bonchev–Trinajstić information content (AvgIpc) is 2.21. The molecule has 2 heteroatoms. The van der Waals surface area contributed by atoms with Crippen LogP contribution in [0.2, 0.25) is 0 Å². The lowest BCUT2D eigenvalue weighted by atomic mass is 9.97. The molecule has 0 fully saturated rings. The van der Waals surface area contributed by atoms with Crippen LogP contribution in [0.3, 0.4) is 0 Å². The first-order valence-electron chi connectivity index (χ1n) is 5.65. The fourth-order valence-corrected chi connectivity index (χ4v) is 1.89. The Hall–Kier alpha value is -1.02. The van der Waals surface area contributed by atoms with Crippen LogP contribution in [0.1, 0.15) is 35.6 Å². The number of rotatable bonds is 4. The molecule has 0 saturated carbocycles. The Kier molecular flexibility index (Phi) is 4.15. The minimum Gasteiger partial charge on any atom is -0.385 e. The predicted octanol–water partition coefficient (Wildman–Crippen LogP) is 2.89. The fraction of sp³-hybridized carbons (Fsp3) is 0.538. The van der Waals surface area contributed by atoms with E-state index in [9.17, 15) is 0 Å². The van der Waals surface area contributed by atoms with E-state index in [-0.39, 0.29) is 0 Å². The third-order valence-electron chi connectivity index (χ3n) is 2.93. The van der Waals surface area contributed by atoms with Crippen molar-refractivity contribution in [2.24, 2.45) is 5.73 Å². The molecule has 3 N–H and O–H groups in total. The second kappa shape index (κ2) is 5.17. The molecule has 0 aromatic heterocycles. The van der Waals surface area contributed by atoms with Gasteiger partial charge in [0.05, 0.1) is 0 Å². The van der Waals surface area contributed by atoms with E-state index in [4.69, 9.17) is 5.73 Å². The normalized spacial score (nSPS) is 10.5. The van der Waals surface area contributed by atoms with Gasteiger partial charge in [-0.1, -0.05) is 13.0 Å². The first-order chi connectivity index (χ1) is 7.11. The van der Waals surface area contributed by atoms with Gasteiger partial charge in [-0.2, -0.15) is 0 Å². The standard InChI is InChI=1S/C13H22N2/c1-5-6-15-13-11(4)9(2)7-10(3)12(13)8-14/h7,15H,5-6,8,14H2,1-4H3. The molecule has 1 aromatic carbocycles.